The lowest BCUT2D eigenvalue weighted by atomic mass is 10.2. The fourth-order valence-electron chi connectivity index (χ4n) is 1.11. The molecular formula is C9H18N2O3. The van der Waals surface area contributed by atoms with Gasteiger partial charge in [-0.2, -0.15) is 0 Å². The van der Waals surface area contributed by atoms with Crippen LogP contribution in [0.4, 0.5) is 0 Å². The van der Waals surface area contributed by atoms with Crippen LogP contribution in [-0.2, 0) is 9.59 Å². The maximum absolute atomic E-state index is 10.6. The van der Waals surface area contributed by atoms with E-state index >= 15 is 0 Å². The van der Waals surface area contributed by atoms with E-state index in [1.165, 1.54) is 0 Å². The highest BCUT2D eigenvalue weighted by Gasteiger charge is 2.12. The topological polar surface area (TPSA) is 92.4 Å². The summed E-state index contributed by atoms with van der Waals surface area (Å²) < 4.78 is 0. The van der Waals surface area contributed by atoms with Crippen molar-refractivity contribution in [3.63, 3.8) is 0 Å². The number of rotatable bonds is 8. The first-order chi connectivity index (χ1) is 6.57. The molecule has 0 aromatic carbocycles. The first kappa shape index (κ1) is 12.9. The summed E-state index contributed by atoms with van der Waals surface area (Å²) in [5.74, 6) is -1.14. The predicted octanol–water partition coefficient (Wildman–Crippen LogP) is 0.0948. The van der Waals surface area contributed by atoms with Crippen LogP contribution >= 0.6 is 0 Å². The van der Waals surface area contributed by atoms with Gasteiger partial charge in [0.05, 0.1) is 0 Å². The van der Waals surface area contributed by atoms with E-state index in [4.69, 9.17) is 10.8 Å². The number of aliphatic carboxylic acids is 1. The van der Waals surface area contributed by atoms with E-state index in [2.05, 4.69) is 5.32 Å². The summed E-state index contributed by atoms with van der Waals surface area (Å²) in [6, 6.07) is -0.483. The molecule has 1 unspecified atom stereocenters. The summed E-state index contributed by atoms with van der Waals surface area (Å²) in [7, 11) is 0. The molecule has 0 rings (SSSR count). The molecule has 0 spiro atoms. The Labute approximate surface area is 83.7 Å². The standard InChI is InChI=1S/C9H18N2O3/c1-2-7(9(13)14)11-6-4-3-5-8(10)12/h7,11H,2-6H2,1H3,(H2,10,12)(H,13,14). The third kappa shape index (κ3) is 6.42. The van der Waals surface area contributed by atoms with Crippen molar-refractivity contribution in [1.82, 2.24) is 5.32 Å². The number of amides is 1. The average molecular weight is 202 g/mol. The van der Waals surface area contributed by atoms with E-state index in [9.17, 15) is 9.59 Å². The number of nitrogens with two attached hydrogens (primary N) is 1. The minimum absolute atomic E-state index is 0.310. The van der Waals surface area contributed by atoms with Crippen LogP contribution in [0.3, 0.4) is 0 Å². The summed E-state index contributed by atoms with van der Waals surface area (Å²) in [4.78, 5) is 20.9. The molecule has 0 bridgehead atoms. The fraction of sp³-hybridized carbons (Fsp3) is 0.778. The highest BCUT2D eigenvalue weighted by atomic mass is 16.4. The van der Waals surface area contributed by atoms with Gasteiger partial charge >= 0.3 is 5.97 Å². The number of carboxylic acids is 1. The molecule has 0 aromatic heterocycles. The number of carboxylic acid groups (broad SMARTS) is 1. The van der Waals surface area contributed by atoms with E-state index in [1.807, 2.05) is 6.92 Å². The molecule has 5 nitrogen and oxygen atoms in total. The van der Waals surface area contributed by atoms with Gasteiger partial charge in [0, 0.05) is 6.42 Å². The quantitative estimate of drug-likeness (QED) is 0.486. The summed E-state index contributed by atoms with van der Waals surface area (Å²) in [5.41, 5.74) is 4.96. The maximum atomic E-state index is 10.6. The zero-order chi connectivity index (χ0) is 11.0. The van der Waals surface area contributed by atoms with E-state index in [0.717, 1.165) is 6.42 Å². The molecule has 0 saturated carbocycles. The lowest BCUT2D eigenvalue weighted by molar-refractivity contribution is -0.139. The molecule has 1 atom stereocenters. The molecule has 5 heteroatoms. The second-order valence-electron chi connectivity index (χ2n) is 3.18. The van der Waals surface area contributed by atoms with Gasteiger partial charge in [0.1, 0.15) is 6.04 Å². The lowest BCUT2D eigenvalue weighted by Gasteiger charge is -2.11. The molecule has 0 fully saturated rings. The highest BCUT2D eigenvalue weighted by molar-refractivity contribution is 5.73. The molecule has 0 aliphatic carbocycles. The number of hydrogen-bond donors (Lipinski definition) is 3. The van der Waals surface area contributed by atoms with Crippen molar-refractivity contribution in [3.05, 3.63) is 0 Å². The van der Waals surface area contributed by atoms with Crippen LogP contribution < -0.4 is 11.1 Å². The molecule has 0 aliphatic rings. The van der Waals surface area contributed by atoms with Gasteiger partial charge in [-0.3, -0.25) is 9.59 Å². The van der Waals surface area contributed by atoms with Crippen LogP contribution in [0.15, 0.2) is 0 Å². The number of carbonyl (C=O) groups excluding carboxylic acids is 1. The van der Waals surface area contributed by atoms with Crippen molar-refractivity contribution in [2.24, 2.45) is 5.73 Å². The van der Waals surface area contributed by atoms with E-state index in [1.54, 1.807) is 0 Å². The Morgan fingerprint density at radius 3 is 2.50 bits per heavy atom. The van der Waals surface area contributed by atoms with Crippen LogP contribution in [0.5, 0.6) is 0 Å². The molecular weight excluding hydrogens is 184 g/mol. The molecule has 0 radical (unpaired) electrons. The van der Waals surface area contributed by atoms with Crippen molar-refractivity contribution in [2.45, 2.75) is 38.6 Å². The third-order valence-corrected chi connectivity index (χ3v) is 1.95. The first-order valence-corrected chi connectivity index (χ1v) is 4.82. The Morgan fingerprint density at radius 2 is 2.07 bits per heavy atom. The van der Waals surface area contributed by atoms with Gasteiger partial charge in [-0.05, 0) is 25.8 Å². The van der Waals surface area contributed by atoms with Crippen LogP contribution in [0.1, 0.15) is 32.6 Å². The van der Waals surface area contributed by atoms with Gasteiger partial charge in [-0.15, -0.1) is 0 Å². The first-order valence-electron chi connectivity index (χ1n) is 4.82. The van der Waals surface area contributed by atoms with E-state index in [0.29, 0.717) is 25.8 Å². The van der Waals surface area contributed by atoms with Crippen LogP contribution in [-0.4, -0.2) is 29.6 Å². The molecule has 0 saturated heterocycles. The van der Waals surface area contributed by atoms with Crippen molar-refractivity contribution in [2.75, 3.05) is 6.54 Å². The Kier molecular flexibility index (Phi) is 6.74. The lowest BCUT2D eigenvalue weighted by Crippen LogP contribution is -2.36. The summed E-state index contributed by atoms with van der Waals surface area (Å²) in [5, 5.41) is 11.6. The minimum atomic E-state index is -0.831. The largest absolute Gasteiger partial charge is 0.480 e. The van der Waals surface area contributed by atoms with Gasteiger partial charge in [0.25, 0.3) is 0 Å². The summed E-state index contributed by atoms with van der Waals surface area (Å²) in [6.07, 6.45) is 2.40. The summed E-state index contributed by atoms with van der Waals surface area (Å²) in [6.45, 7) is 2.42. The Bertz CT molecular complexity index is 194. The molecule has 0 aliphatic heterocycles. The van der Waals surface area contributed by atoms with Gasteiger partial charge < -0.3 is 16.2 Å². The zero-order valence-corrected chi connectivity index (χ0v) is 8.45. The normalized spacial score (nSPS) is 12.4. The fourth-order valence-corrected chi connectivity index (χ4v) is 1.11. The number of primary amides is 1. The number of carbonyl (C=O) groups is 2. The summed E-state index contributed by atoms with van der Waals surface area (Å²) >= 11 is 0. The van der Waals surface area contributed by atoms with E-state index < -0.39 is 12.0 Å². The van der Waals surface area contributed by atoms with Crippen molar-refractivity contribution in [1.29, 1.82) is 0 Å². The highest BCUT2D eigenvalue weighted by Crippen LogP contribution is 1.95. The van der Waals surface area contributed by atoms with Crippen molar-refractivity contribution in [3.8, 4) is 0 Å². The second-order valence-corrected chi connectivity index (χ2v) is 3.18. The van der Waals surface area contributed by atoms with Gasteiger partial charge in [0.2, 0.25) is 5.91 Å². The zero-order valence-electron chi connectivity index (χ0n) is 8.45. The second kappa shape index (κ2) is 7.32. The molecule has 0 heterocycles. The van der Waals surface area contributed by atoms with Gasteiger partial charge in [-0.1, -0.05) is 6.92 Å². The molecule has 82 valence electrons. The Hall–Kier alpha value is -1.10. The molecule has 0 aromatic rings. The smallest absolute Gasteiger partial charge is 0.320 e. The van der Waals surface area contributed by atoms with Gasteiger partial charge in [0.15, 0.2) is 0 Å². The average Bonchev–Trinajstić information content (AvgIpc) is 2.10. The predicted molar refractivity (Wildman–Crippen MR) is 52.8 cm³/mol. The molecule has 4 N–H and O–H groups in total. The Morgan fingerprint density at radius 1 is 1.43 bits per heavy atom. The van der Waals surface area contributed by atoms with Crippen molar-refractivity contribution >= 4 is 11.9 Å². The van der Waals surface area contributed by atoms with Crippen molar-refractivity contribution < 1.29 is 14.7 Å². The third-order valence-electron chi connectivity index (χ3n) is 1.95. The Balaban J connectivity index is 3.42. The van der Waals surface area contributed by atoms with E-state index in [-0.39, 0.29) is 5.91 Å². The number of hydrogen-bond acceptors (Lipinski definition) is 3. The van der Waals surface area contributed by atoms with Crippen LogP contribution in [0.25, 0.3) is 0 Å². The molecule has 14 heavy (non-hydrogen) atoms. The van der Waals surface area contributed by atoms with Crippen LogP contribution in [0, 0.1) is 0 Å². The monoisotopic (exact) mass is 202 g/mol. The molecule has 1 amide bonds. The van der Waals surface area contributed by atoms with Gasteiger partial charge in [-0.25, -0.2) is 0 Å². The minimum Gasteiger partial charge on any atom is -0.480 e. The van der Waals surface area contributed by atoms with Crippen LogP contribution in [0.2, 0.25) is 0 Å². The SMILES string of the molecule is CCC(NCCCCC(N)=O)C(=O)O. The number of unbranched alkanes of at least 4 members (excludes halogenated alkanes) is 1. The number of nitrogens with one attached hydrogen (secondary N) is 1. The maximum Gasteiger partial charge on any atom is 0.320 e.